The summed E-state index contributed by atoms with van der Waals surface area (Å²) in [5, 5.41) is -0.0306. The predicted molar refractivity (Wildman–Crippen MR) is 50.1 cm³/mol. The number of nitrogens with zero attached hydrogens (tertiary/aromatic N) is 1. The zero-order chi connectivity index (χ0) is 12.8. The van der Waals surface area contributed by atoms with Gasteiger partial charge >= 0.3 is 12.3 Å². The summed E-state index contributed by atoms with van der Waals surface area (Å²) in [5.74, 6) is -2.35. The molecule has 1 aliphatic heterocycles. The molecule has 0 spiro atoms. The van der Waals surface area contributed by atoms with E-state index < -0.39 is 18.1 Å². The zero-order valence-electron chi connectivity index (χ0n) is 8.54. The maximum absolute atomic E-state index is 12.1. The van der Waals surface area contributed by atoms with Crippen LogP contribution >= 0.6 is 0 Å². The monoisotopic (exact) mass is 245 g/mol. The summed E-state index contributed by atoms with van der Waals surface area (Å²) in [4.78, 5) is 26.2. The molecule has 2 rings (SSSR count). The Bertz CT molecular complexity index is 510. The number of carbonyl (C=O) groups excluding carboxylic acids is 2. The van der Waals surface area contributed by atoms with E-state index in [-0.39, 0.29) is 16.3 Å². The number of alkyl halides is 3. The van der Waals surface area contributed by atoms with Gasteiger partial charge in [0.2, 0.25) is 0 Å². The molecule has 1 heterocycles. The number of halogens is 3. The van der Waals surface area contributed by atoms with Crippen molar-refractivity contribution in [1.82, 2.24) is 0 Å². The molecule has 4 nitrogen and oxygen atoms in total. The molecule has 0 aromatic heterocycles. The number of rotatable bonds is 1. The van der Waals surface area contributed by atoms with E-state index in [1.807, 2.05) is 0 Å². The molecule has 0 radical (unpaired) electrons. The van der Waals surface area contributed by atoms with Crippen LogP contribution in [0.4, 0.5) is 18.9 Å². The van der Waals surface area contributed by atoms with E-state index in [0.29, 0.717) is 5.56 Å². The van der Waals surface area contributed by atoms with Crippen molar-refractivity contribution in [3.63, 3.8) is 0 Å². The standard InChI is InChI=1S/C10H6F3NO3/c1-5-2-3-7-6(4-5)8(15)9(16)14(7)17-10(11,12)13/h2-4H,1H3. The highest BCUT2D eigenvalue weighted by molar-refractivity contribution is 6.51. The maximum atomic E-state index is 12.1. The van der Waals surface area contributed by atoms with Gasteiger partial charge in [-0.25, -0.2) is 0 Å². The van der Waals surface area contributed by atoms with Crippen molar-refractivity contribution < 1.29 is 27.6 Å². The second-order valence-electron chi connectivity index (χ2n) is 3.49. The molecule has 0 bridgehead atoms. The van der Waals surface area contributed by atoms with Crippen LogP contribution in [0.2, 0.25) is 0 Å². The van der Waals surface area contributed by atoms with Crippen LogP contribution in [0.3, 0.4) is 0 Å². The Balaban J connectivity index is 2.45. The number of Topliss-reactive ketones (excluding diaryl/α,β-unsaturated/α-hetero) is 1. The molecule has 0 unspecified atom stereocenters. The Kier molecular flexibility index (Phi) is 2.43. The summed E-state index contributed by atoms with van der Waals surface area (Å²) in [7, 11) is 0. The number of benzene rings is 1. The molecular weight excluding hydrogens is 239 g/mol. The second-order valence-corrected chi connectivity index (χ2v) is 3.49. The van der Waals surface area contributed by atoms with Gasteiger partial charge in [-0.2, -0.15) is 9.90 Å². The number of aryl methyl sites for hydroxylation is 1. The van der Waals surface area contributed by atoms with E-state index in [4.69, 9.17) is 0 Å². The third-order valence-electron chi connectivity index (χ3n) is 2.19. The fraction of sp³-hybridized carbons (Fsp3) is 0.200. The largest absolute Gasteiger partial charge is 0.544 e. The molecule has 0 N–H and O–H groups in total. The number of carbonyl (C=O) groups is 2. The van der Waals surface area contributed by atoms with Gasteiger partial charge in [-0.05, 0) is 19.1 Å². The highest BCUT2D eigenvalue weighted by atomic mass is 19.4. The first-order chi connectivity index (χ1) is 7.79. The van der Waals surface area contributed by atoms with E-state index in [2.05, 4.69) is 4.84 Å². The lowest BCUT2D eigenvalue weighted by Gasteiger charge is -2.17. The Morgan fingerprint density at radius 3 is 2.47 bits per heavy atom. The van der Waals surface area contributed by atoms with Crippen molar-refractivity contribution in [2.75, 3.05) is 5.06 Å². The van der Waals surface area contributed by atoms with E-state index in [0.717, 1.165) is 0 Å². The number of ketones is 1. The van der Waals surface area contributed by atoms with Crippen LogP contribution in [0, 0.1) is 6.92 Å². The first kappa shape index (κ1) is 11.6. The summed E-state index contributed by atoms with van der Waals surface area (Å²) in [6.07, 6.45) is -5.03. The van der Waals surface area contributed by atoms with Crippen LogP contribution in [0.25, 0.3) is 0 Å². The van der Waals surface area contributed by atoms with Gasteiger partial charge in [0.1, 0.15) is 0 Å². The Morgan fingerprint density at radius 2 is 1.88 bits per heavy atom. The third-order valence-corrected chi connectivity index (χ3v) is 2.19. The smallest absolute Gasteiger partial charge is 0.283 e. The lowest BCUT2D eigenvalue weighted by Crippen LogP contribution is -2.35. The quantitative estimate of drug-likeness (QED) is 0.710. The van der Waals surface area contributed by atoms with Crippen LogP contribution in [0.1, 0.15) is 15.9 Å². The molecule has 1 aromatic carbocycles. The summed E-state index contributed by atoms with van der Waals surface area (Å²) in [5.41, 5.74) is 0.390. The Morgan fingerprint density at radius 1 is 1.24 bits per heavy atom. The van der Waals surface area contributed by atoms with Crippen LogP contribution in [0.5, 0.6) is 0 Å². The number of anilines is 1. The van der Waals surface area contributed by atoms with Crippen LogP contribution in [-0.4, -0.2) is 18.1 Å². The van der Waals surface area contributed by atoms with Gasteiger partial charge in [-0.1, -0.05) is 11.6 Å². The average molecular weight is 245 g/mol. The number of amides is 1. The van der Waals surface area contributed by atoms with Gasteiger partial charge in [0, 0.05) is 0 Å². The topological polar surface area (TPSA) is 46.6 Å². The van der Waals surface area contributed by atoms with Gasteiger partial charge < -0.3 is 0 Å². The maximum Gasteiger partial charge on any atom is 0.544 e. The molecule has 0 saturated heterocycles. The number of hydrogen-bond donors (Lipinski definition) is 0. The number of fused-ring (bicyclic) bond motifs is 1. The van der Waals surface area contributed by atoms with Crippen molar-refractivity contribution >= 4 is 17.4 Å². The van der Waals surface area contributed by atoms with E-state index in [1.54, 1.807) is 6.92 Å². The SMILES string of the molecule is Cc1ccc2c(c1)C(=O)C(=O)N2OC(F)(F)F. The summed E-state index contributed by atoms with van der Waals surface area (Å²) >= 11 is 0. The second kappa shape index (κ2) is 3.56. The lowest BCUT2D eigenvalue weighted by molar-refractivity contribution is -0.326. The highest BCUT2D eigenvalue weighted by Gasteiger charge is 2.44. The summed E-state index contributed by atoms with van der Waals surface area (Å²) in [6.45, 7) is 1.66. The van der Waals surface area contributed by atoms with Crippen molar-refractivity contribution in [2.24, 2.45) is 0 Å². The van der Waals surface area contributed by atoms with Crippen LogP contribution in [-0.2, 0) is 9.63 Å². The average Bonchev–Trinajstić information content (AvgIpc) is 2.42. The van der Waals surface area contributed by atoms with Crippen molar-refractivity contribution in [3.8, 4) is 0 Å². The molecule has 7 heteroatoms. The third kappa shape index (κ3) is 2.01. The molecule has 90 valence electrons. The van der Waals surface area contributed by atoms with Gasteiger partial charge in [0.25, 0.3) is 5.78 Å². The van der Waals surface area contributed by atoms with Gasteiger partial charge in [-0.15, -0.1) is 13.2 Å². The fourth-order valence-corrected chi connectivity index (χ4v) is 1.52. The molecule has 0 atom stereocenters. The van der Waals surface area contributed by atoms with E-state index in [1.165, 1.54) is 18.2 Å². The summed E-state index contributed by atoms with van der Waals surface area (Å²) in [6, 6.07) is 4.06. The van der Waals surface area contributed by atoms with E-state index in [9.17, 15) is 22.8 Å². The van der Waals surface area contributed by atoms with Gasteiger partial charge in [0.15, 0.2) is 0 Å². The van der Waals surface area contributed by atoms with Crippen molar-refractivity contribution in [2.45, 2.75) is 13.3 Å². The molecule has 0 saturated carbocycles. The molecule has 1 amide bonds. The molecule has 0 aliphatic carbocycles. The van der Waals surface area contributed by atoms with Gasteiger partial charge in [-0.3, -0.25) is 9.59 Å². The van der Waals surface area contributed by atoms with Gasteiger partial charge in [0.05, 0.1) is 11.3 Å². The van der Waals surface area contributed by atoms with Crippen molar-refractivity contribution in [1.29, 1.82) is 0 Å². The predicted octanol–water partition coefficient (Wildman–Crippen LogP) is 1.98. The molecular formula is C10H6F3NO3. The zero-order valence-corrected chi connectivity index (χ0v) is 8.54. The first-order valence-corrected chi connectivity index (χ1v) is 4.55. The normalized spacial score (nSPS) is 15.4. The molecule has 17 heavy (non-hydrogen) atoms. The minimum atomic E-state index is -5.03. The molecule has 0 fully saturated rings. The minimum absolute atomic E-state index is 0.0306. The Labute approximate surface area is 93.5 Å². The highest BCUT2D eigenvalue weighted by Crippen LogP contribution is 2.33. The summed E-state index contributed by atoms with van der Waals surface area (Å²) < 4.78 is 36.2. The van der Waals surface area contributed by atoms with Crippen molar-refractivity contribution in [3.05, 3.63) is 29.3 Å². The van der Waals surface area contributed by atoms with E-state index >= 15 is 0 Å². The Hall–Kier alpha value is -1.89. The lowest BCUT2D eigenvalue weighted by atomic mass is 10.1. The number of hydrogen-bond acceptors (Lipinski definition) is 3. The fourth-order valence-electron chi connectivity index (χ4n) is 1.52. The number of hydroxylamine groups is 1. The molecule has 1 aliphatic rings. The molecule has 1 aromatic rings. The van der Waals surface area contributed by atoms with Crippen LogP contribution < -0.4 is 5.06 Å². The van der Waals surface area contributed by atoms with Crippen LogP contribution in [0.15, 0.2) is 18.2 Å². The minimum Gasteiger partial charge on any atom is -0.283 e. The first-order valence-electron chi connectivity index (χ1n) is 4.55.